The molecule has 6 nitrogen and oxygen atoms in total. The Morgan fingerprint density at radius 1 is 1.14 bits per heavy atom. The Labute approximate surface area is 144 Å². The minimum absolute atomic E-state index is 0. The second kappa shape index (κ2) is 13.8. The van der Waals surface area contributed by atoms with E-state index in [1.54, 1.807) is 0 Å². The largest absolute Gasteiger partial charge is 1.00 e. The zero-order valence-electron chi connectivity index (χ0n) is 13.8. The van der Waals surface area contributed by atoms with Gasteiger partial charge in [0.2, 0.25) is 0 Å². The molecule has 0 aliphatic heterocycles. The van der Waals surface area contributed by atoms with Crippen molar-refractivity contribution in [3.8, 4) is 0 Å². The number of unbranched alkanes of at least 4 members (excludes halogenated alkanes) is 3. The van der Waals surface area contributed by atoms with Crippen molar-refractivity contribution < 1.29 is 48.3 Å². The number of carboxylic acids is 2. The molecule has 0 aromatic heterocycles. The molecule has 0 aliphatic carbocycles. The van der Waals surface area contributed by atoms with Crippen LogP contribution in [0.15, 0.2) is 12.2 Å². The first-order chi connectivity index (χ1) is 9.95. The number of aliphatic carboxylic acids is 2. The van der Waals surface area contributed by atoms with Crippen LogP contribution in [-0.4, -0.2) is 53.0 Å². The monoisotopic (exact) mass is 308 g/mol. The summed E-state index contributed by atoms with van der Waals surface area (Å²) in [7, 11) is 0. The Balaban J connectivity index is 0. The zero-order valence-corrected chi connectivity index (χ0v) is 13.8. The fraction of sp³-hybridized carbons (Fsp3) is 0.733. The Hall–Kier alpha value is -0.803. The van der Waals surface area contributed by atoms with Crippen LogP contribution in [-0.2, 0) is 9.59 Å². The molecule has 0 amide bonds. The van der Waals surface area contributed by atoms with Gasteiger partial charge in [0.05, 0.1) is 26.1 Å². The van der Waals surface area contributed by atoms with Gasteiger partial charge in [0.1, 0.15) is 0 Å². The van der Waals surface area contributed by atoms with Crippen molar-refractivity contribution in [2.24, 2.45) is 0 Å². The molecule has 22 heavy (non-hydrogen) atoms. The number of rotatable bonds is 13. The first-order valence-corrected chi connectivity index (χ1v) is 7.48. The molecule has 7 heteroatoms. The van der Waals surface area contributed by atoms with Gasteiger partial charge >= 0.3 is 24.8 Å². The molecule has 0 fully saturated rings. The predicted molar refractivity (Wildman–Crippen MR) is 77.1 cm³/mol. The fourth-order valence-electron chi connectivity index (χ4n) is 2.08. The van der Waals surface area contributed by atoms with Gasteiger partial charge in [-0.2, -0.15) is 0 Å². The number of carboxylic acid groups (broad SMARTS) is 2. The van der Waals surface area contributed by atoms with Crippen LogP contribution in [0.1, 0.15) is 45.4 Å². The van der Waals surface area contributed by atoms with Crippen LogP contribution in [0.2, 0.25) is 0 Å². The zero-order chi connectivity index (χ0) is 16.1. The summed E-state index contributed by atoms with van der Waals surface area (Å²) in [5.74, 6) is -2.14. The molecule has 0 aliphatic rings. The number of carbonyl (C=O) groups excluding carboxylic acids is 1. The summed E-state index contributed by atoms with van der Waals surface area (Å²) in [6.45, 7) is 2.66. The minimum Gasteiger partial charge on any atom is -0.550 e. The molecule has 0 saturated carbocycles. The number of aliphatic hydroxyl groups excluding tert-OH is 1. The molecule has 0 aromatic carbocycles. The first kappa shape index (κ1) is 23.5. The van der Waals surface area contributed by atoms with Gasteiger partial charge in [-0.05, 0) is 18.9 Å². The van der Waals surface area contributed by atoms with E-state index in [0.717, 1.165) is 25.7 Å². The summed E-state index contributed by atoms with van der Waals surface area (Å²) >= 11 is 0. The van der Waals surface area contributed by atoms with E-state index in [-0.39, 0.29) is 56.0 Å². The molecule has 0 rings (SSSR count). The summed E-state index contributed by atoms with van der Waals surface area (Å²) in [6.07, 6.45) is 7.98. The standard InChI is InChI=1S/C15H27NO5.Li/c1-2-3-4-5-6-7-10-16(13-17,11-8-14(18)19)12-9-15(20)21;/h6-7,17H,2-5,8-13H2,1H3,(H-,18,19,20,21);/q;+1/b7-6+;. The molecular weight excluding hydrogens is 281 g/mol. The number of hydrogen-bond acceptors (Lipinski definition) is 4. The van der Waals surface area contributed by atoms with Crippen LogP contribution in [0.25, 0.3) is 0 Å². The van der Waals surface area contributed by atoms with Gasteiger partial charge in [-0.25, -0.2) is 0 Å². The number of quaternary nitrogens is 1. The average Bonchev–Trinajstić information content (AvgIpc) is 2.45. The van der Waals surface area contributed by atoms with Gasteiger partial charge in [-0.15, -0.1) is 0 Å². The number of nitrogens with zero attached hydrogens (tertiary/aromatic N) is 1. The van der Waals surface area contributed by atoms with Crippen LogP contribution >= 0.6 is 0 Å². The Kier molecular flexibility index (Phi) is 14.8. The van der Waals surface area contributed by atoms with Gasteiger partial charge in [-0.1, -0.05) is 25.8 Å². The van der Waals surface area contributed by atoms with Crippen LogP contribution in [0.5, 0.6) is 0 Å². The Bertz CT molecular complexity index is 329. The van der Waals surface area contributed by atoms with Crippen molar-refractivity contribution in [2.45, 2.75) is 45.4 Å². The third kappa shape index (κ3) is 11.8. The maximum Gasteiger partial charge on any atom is 1.00 e. The quantitative estimate of drug-likeness (QED) is 0.129. The Morgan fingerprint density at radius 2 is 1.77 bits per heavy atom. The molecule has 2 N–H and O–H groups in total. The normalized spacial score (nSPS) is 13.5. The van der Waals surface area contributed by atoms with E-state index in [9.17, 15) is 19.8 Å². The Morgan fingerprint density at radius 3 is 2.27 bits per heavy atom. The third-order valence-corrected chi connectivity index (χ3v) is 3.52. The summed E-state index contributed by atoms with van der Waals surface area (Å²) in [5.41, 5.74) is 0. The van der Waals surface area contributed by atoms with E-state index in [2.05, 4.69) is 6.92 Å². The summed E-state index contributed by atoms with van der Waals surface area (Å²) in [6, 6.07) is 0. The van der Waals surface area contributed by atoms with E-state index in [4.69, 9.17) is 5.11 Å². The maximum absolute atomic E-state index is 10.7. The molecule has 0 radical (unpaired) electrons. The molecule has 0 aromatic rings. The predicted octanol–water partition coefficient (Wildman–Crippen LogP) is -2.49. The summed E-state index contributed by atoms with van der Waals surface area (Å²) in [5, 5.41) is 29.0. The van der Waals surface area contributed by atoms with Crippen LogP contribution in [0.4, 0.5) is 0 Å². The molecule has 0 bridgehead atoms. The molecule has 0 heterocycles. The van der Waals surface area contributed by atoms with Crippen molar-refractivity contribution in [1.82, 2.24) is 0 Å². The van der Waals surface area contributed by atoms with Gasteiger partial charge in [0.25, 0.3) is 0 Å². The molecular formula is C15H27LiNO5+. The second-order valence-corrected chi connectivity index (χ2v) is 5.35. The topological polar surface area (TPSA) is 97.7 Å². The van der Waals surface area contributed by atoms with Crippen LogP contribution in [0, 0.1) is 0 Å². The summed E-state index contributed by atoms with van der Waals surface area (Å²) < 4.78 is 0.0462. The number of aliphatic hydroxyl groups is 1. The molecule has 0 spiro atoms. The van der Waals surface area contributed by atoms with Gasteiger partial charge in [0, 0.05) is 12.4 Å². The second-order valence-electron chi connectivity index (χ2n) is 5.35. The SMILES string of the molecule is CCCCC/C=C/C[N+](CO)(CCC(=O)[O-])CCC(=O)O.[Li+]. The average molecular weight is 308 g/mol. The molecule has 1 unspecified atom stereocenters. The van der Waals surface area contributed by atoms with Gasteiger partial charge < -0.3 is 20.1 Å². The van der Waals surface area contributed by atoms with E-state index in [1.807, 2.05) is 12.2 Å². The van der Waals surface area contributed by atoms with E-state index in [0.29, 0.717) is 6.54 Å². The van der Waals surface area contributed by atoms with Crippen LogP contribution in [0.3, 0.4) is 0 Å². The van der Waals surface area contributed by atoms with Crippen LogP contribution < -0.4 is 24.0 Å². The smallest absolute Gasteiger partial charge is 0.550 e. The summed E-state index contributed by atoms with van der Waals surface area (Å²) in [4.78, 5) is 21.3. The molecule has 122 valence electrons. The number of allylic oxidation sites excluding steroid dienone is 1. The number of hydrogen-bond donors (Lipinski definition) is 2. The van der Waals surface area contributed by atoms with Gasteiger partial charge in [0.15, 0.2) is 6.73 Å². The molecule has 0 saturated heterocycles. The van der Waals surface area contributed by atoms with Crippen molar-refractivity contribution in [2.75, 3.05) is 26.4 Å². The van der Waals surface area contributed by atoms with Crippen molar-refractivity contribution in [3.63, 3.8) is 0 Å². The van der Waals surface area contributed by atoms with Gasteiger partial charge in [-0.3, -0.25) is 9.28 Å². The molecule has 1 atom stereocenters. The van der Waals surface area contributed by atoms with E-state index >= 15 is 0 Å². The third-order valence-electron chi connectivity index (χ3n) is 3.52. The first-order valence-electron chi connectivity index (χ1n) is 7.48. The van der Waals surface area contributed by atoms with Crippen molar-refractivity contribution in [1.29, 1.82) is 0 Å². The fourth-order valence-corrected chi connectivity index (χ4v) is 2.08. The van der Waals surface area contributed by atoms with Crippen molar-refractivity contribution >= 4 is 11.9 Å². The van der Waals surface area contributed by atoms with Crippen molar-refractivity contribution in [3.05, 3.63) is 12.2 Å². The van der Waals surface area contributed by atoms with E-state index in [1.165, 1.54) is 0 Å². The van der Waals surface area contributed by atoms with E-state index < -0.39 is 11.9 Å². The number of carbonyl (C=O) groups is 2. The maximum atomic E-state index is 10.7. The minimum atomic E-state index is -1.19.